The van der Waals surface area contributed by atoms with E-state index in [1.807, 2.05) is 30.3 Å². The van der Waals surface area contributed by atoms with Crippen molar-refractivity contribution in [2.45, 2.75) is 6.92 Å². The molecule has 0 amide bonds. The fraction of sp³-hybridized carbons (Fsp3) is 0.0588. The molecule has 21 heavy (non-hydrogen) atoms. The fourth-order valence-electron chi connectivity index (χ4n) is 2.22. The Balaban J connectivity index is 2.00. The van der Waals surface area contributed by atoms with Crippen LogP contribution in [0.3, 0.4) is 0 Å². The molecule has 0 saturated heterocycles. The number of para-hydroxylation sites is 1. The van der Waals surface area contributed by atoms with Gasteiger partial charge in [0, 0.05) is 22.7 Å². The van der Waals surface area contributed by atoms with Crippen molar-refractivity contribution in [3.63, 3.8) is 0 Å². The molecule has 0 fully saturated rings. The number of hydrogen-bond acceptors (Lipinski definition) is 3. The Morgan fingerprint density at radius 1 is 1.19 bits per heavy atom. The third-order valence-electron chi connectivity index (χ3n) is 3.32. The molecule has 0 spiro atoms. The first-order chi connectivity index (χ1) is 10.1. The zero-order valence-electron chi connectivity index (χ0n) is 11.5. The van der Waals surface area contributed by atoms with Gasteiger partial charge in [0.15, 0.2) is 11.7 Å². The maximum absolute atomic E-state index is 11.4. The molecule has 3 rings (SSSR count). The van der Waals surface area contributed by atoms with Gasteiger partial charge in [-0.05, 0) is 25.1 Å². The lowest BCUT2D eigenvalue weighted by Crippen LogP contribution is -1.90. The maximum atomic E-state index is 11.4. The summed E-state index contributed by atoms with van der Waals surface area (Å²) in [5.74, 6) is 0.0877. The van der Waals surface area contributed by atoms with Crippen LogP contribution in [0.4, 0.5) is 5.69 Å². The van der Waals surface area contributed by atoms with Crippen molar-refractivity contribution in [3.8, 4) is 5.88 Å². The van der Waals surface area contributed by atoms with Crippen LogP contribution in [0, 0.1) is 0 Å². The minimum Gasteiger partial charge on any atom is -0.494 e. The molecule has 0 unspecified atom stereocenters. The van der Waals surface area contributed by atoms with Crippen LogP contribution in [0.2, 0.25) is 0 Å². The predicted octanol–water partition coefficient (Wildman–Crippen LogP) is 3.83. The van der Waals surface area contributed by atoms with Gasteiger partial charge in [-0.1, -0.05) is 30.3 Å². The normalized spacial score (nSPS) is 11.3. The number of aliphatic imine (C=N–C) groups is 1. The van der Waals surface area contributed by atoms with E-state index < -0.39 is 0 Å². The second-order valence-electron chi connectivity index (χ2n) is 4.80. The number of aromatic amines is 1. The van der Waals surface area contributed by atoms with Gasteiger partial charge >= 0.3 is 0 Å². The number of carbonyl (C=O) groups is 1. The quantitative estimate of drug-likeness (QED) is 0.565. The smallest absolute Gasteiger partial charge is 0.198 e. The average Bonchev–Trinajstić information content (AvgIpc) is 2.81. The molecule has 0 aliphatic rings. The second kappa shape index (κ2) is 5.25. The van der Waals surface area contributed by atoms with Crippen molar-refractivity contribution in [1.82, 2.24) is 4.98 Å². The summed E-state index contributed by atoms with van der Waals surface area (Å²) < 4.78 is 0. The Hall–Kier alpha value is -2.88. The van der Waals surface area contributed by atoms with Crippen molar-refractivity contribution < 1.29 is 9.90 Å². The number of Topliss-reactive ketones (excluding diaryl/α,β-unsaturated/α-hetero) is 1. The highest BCUT2D eigenvalue weighted by molar-refractivity contribution is 6.02. The number of aromatic hydroxyl groups is 1. The summed E-state index contributed by atoms with van der Waals surface area (Å²) in [5, 5.41) is 10.9. The van der Waals surface area contributed by atoms with Gasteiger partial charge in [0.25, 0.3) is 0 Å². The van der Waals surface area contributed by atoms with E-state index in [2.05, 4.69) is 9.98 Å². The van der Waals surface area contributed by atoms with Crippen LogP contribution >= 0.6 is 0 Å². The van der Waals surface area contributed by atoms with Gasteiger partial charge in [0.2, 0.25) is 0 Å². The van der Waals surface area contributed by atoms with Gasteiger partial charge in [-0.3, -0.25) is 9.79 Å². The summed E-state index contributed by atoms with van der Waals surface area (Å²) in [6, 6.07) is 14.7. The summed E-state index contributed by atoms with van der Waals surface area (Å²) in [4.78, 5) is 18.6. The van der Waals surface area contributed by atoms with Gasteiger partial charge in [0.05, 0.1) is 11.3 Å². The van der Waals surface area contributed by atoms with E-state index in [0.717, 1.165) is 10.9 Å². The highest BCUT2D eigenvalue weighted by Gasteiger charge is 2.07. The van der Waals surface area contributed by atoms with Crippen LogP contribution in [0.25, 0.3) is 10.9 Å². The van der Waals surface area contributed by atoms with E-state index in [9.17, 15) is 9.90 Å². The minimum atomic E-state index is 0.00184. The van der Waals surface area contributed by atoms with Crippen LogP contribution in [-0.2, 0) is 0 Å². The molecule has 0 radical (unpaired) electrons. The maximum Gasteiger partial charge on any atom is 0.198 e. The first-order valence-corrected chi connectivity index (χ1v) is 6.60. The summed E-state index contributed by atoms with van der Waals surface area (Å²) in [7, 11) is 0. The number of H-pyrrole nitrogens is 1. The van der Waals surface area contributed by atoms with Gasteiger partial charge < -0.3 is 10.1 Å². The first-order valence-electron chi connectivity index (χ1n) is 6.60. The van der Waals surface area contributed by atoms with Crippen LogP contribution in [0.1, 0.15) is 22.8 Å². The third kappa shape index (κ3) is 2.56. The van der Waals surface area contributed by atoms with E-state index >= 15 is 0 Å². The van der Waals surface area contributed by atoms with Crippen LogP contribution in [0.15, 0.2) is 53.5 Å². The molecule has 0 aliphatic heterocycles. The molecule has 0 saturated carbocycles. The van der Waals surface area contributed by atoms with Crippen molar-refractivity contribution in [1.29, 1.82) is 0 Å². The van der Waals surface area contributed by atoms with E-state index in [1.165, 1.54) is 6.92 Å². The zero-order valence-corrected chi connectivity index (χ0v) is 11.5. The van der Waals surface area contributed by atoms with E-state index in [4.69, 9.17) is 0 Å². The molecule has 2 N–H and O–H groups in total. The van der Waals surface area contributed by atoms with E-state index in [1.54, 1.807) is 24.4 Å². The molecule has 1 heterocycles. The largest absolute Gasteiger partial charge is 0.494 e. The van der Waals surface area contributed by atoms with Gasteiger partial charge in [-0.15, -0.1) is 0 Å². The highest BCUT2D eigenvalue weighted by Crippen LogP contribution is 2.26. The number of aromatic nitrogens is 1. The number of hydrogen-bond donors (Lipinski definition) is 2. The topological polar surface area (TPSA) is 65.4 Å². The lowest BCUT2D eigenvalue weighted by molar-refractivity contribution is 0.101. The van der Waals surface area contributed by atoms with Crippen molar-refractivity contribution in [2.24, 2.45) is 4.99 Å². The van der Waals surface area contributed by atoms with Crippen LogP contribution in [-0.4, -0.2) is 22.1 Å². The number of rotatable bonds is 3. The molecule has 1 aromatic heterocycles. The number of benzene rings is 2. The lowest BCUT2D eigenvalue weighted by Gasteiger charge is -1.97. The Kier molecular flexibility index (Phi) is 3.28. The Labute approximate surface area is 121 Å². The molecule has 0 aliphatic carbocycles. The number of ketones is 1. The van der Waals surface area contributed by atoms with E-state index in [0.29, 0.717) is 16.8 Å². The molecular weight excluding hydrogens is 264 g/mol. The summed E-state index contributed by atoms with van der Waals surface area (Å²) >= 11 is 0. The number of nitrogens with one attached hydrogen (secondary N) is 1. The fourth-order valence-corrected chi connectivity index (χ4v) is 2.22. The standard InChI is InChI=1S/C17H14N2O2/c1-11(20)12-5-4-6-13(9-12)18-10-15-14-7-2-3-8-16(14)19-17(15)21/h2-10,19,21H,1H3. The Morgan fingerprint density at radius 2 is 2.00 bits per heavy atom. The SMILES string of the molecule is CC(=O)c1cccc(N=Cc2c(O)[nH]c3ccccc23)c1. The van der Waals surface area contributed by atoms with Crippen LogP contribution < -0.4 is 0 Å². The van der Waals surface area contributed by atoms with Crippen molar-refractivity contribution >= 4 is 28.6 Å². The van der Waals surface area contributed by atoms with E-state index in [-0.39, 0.29) is 11.7 Å². The molecule has 3 aromatic rings. The molecule has 2 aromatic carbocycles. The molecule has 4 heteroatoms. The predicted molar refractivity (Wildman–Crippen MR) is 83.7 cm³/mol. The molecular formula is C17H14N2O2. The van der Waals surface area contributed by atoms with Gasteiger partial charge in [-0.2, -0.15) is 0 Å². The number of carbonyl (C=O) groups excluding carboxylic acids is 1. The summed E-state index contributed by atoms with van der Waals surface area (Å²) in [5.41, 5.74) is 2.79. The lowest BCUT2D eigenvalue weighted by atomic mass is 10.1. The monoisotopic (exact) mass is 278 g/mol. The molecule has 104 valence electrons. The average molecular weight is 278 g/mol. The van der Waals surface area contributed by atoms with Crippen LogP contribution in [0.5, 0.6) is 5.88 Å². The Morgan fingerprint density at radius 3 is 2.81 bits per heavy atom. The first kappa shape index (κ1) is 13.1. The van der Waals surface area contributed by atoms with Crippen molar-refractivity contribution in [3.05, 3.63) is 59.7 Å². The Bertz CT molecular complexity index is 847. The number of nitrogens with zero attached hydrogens (tertiary/aromatic N) is 1. The summed E-state index contributed by atoms with van der Waals surface area (Å²) in [6.45, 7) is 1.52. The molecule has 4 nitrogen and oxygen atoms in total. The second-order valence-corrected chi connectivity index (χ2v) is 4.80. The molecule has 0 atom stereocenters. The highest BCUT2D eigenvalue weighted by atomic mass is 16.3. The van der Waals surface area contributed by atoms with Crippen molar-refractivity contribution in [2.75, 3.05) is 0 Å². The van der Waals surface area contributed by atoms with Gasteiger partial charge in [0.1, 0.15) is 0 Å². The number of fused-ring (bicyclic) bond motifs is 1. The minimum absolute atomic E-state index is 0.00184. The summed E-state index contributed by atoms with van der Waals surface area (Å²) in [6.07, 6.45) is 1.60. The van der Waals surface area contributed by atoms with Gasteiger partial charge in [-0.25, -0.2) is 0 Å². The molecule has 0 bridgehead atoms. The third-order valence-corrected chi connectivity index (χ3v) is 3.32. The zero-order chi connectivity index (χ0) is 14.8.